The van der Waals surface area contributed by atoms with Crippen LogP contribution in [0, 0.1) is 6.92 Å². The first kappa shape index (κ1) is 18.1. The van der Waals surface area contributed by atoms with Crippen LogP contribution in [0.5, 0.6) is 0 Å². The molecule has 0 atom stereocenters. The van der Waals surface area contributed by atoms with Gasteiger partial charge in [-0.15, -0.1) is 11.3 Å². The number of hydrogen-bond donors (Lipinski definition) is 1. The fraction of sp³-hybridized carbons (Fsp3) is 0.381. The van der Waals surface area contributed by atoms with Crippen molar-refractivity contribution in [3.05, 3.63) is 36.2 Å². The van der Waals surface area contributed by atoms with Crippen molar-refractivity contribution in [2.24, 2.45) is 0 Å². The maximum Gasteiger partial charge on any atom is 0.147 e. The van der Waals surface area contributed by atoms with Gasteiger partial charge in [-0.2, -0.15) is 0 Å². The minimum Gasteiger partial charge on any atom is -0.369 e. The molecule has 3 aromatic heterocycles. The summed E-state index contributed by atoms with van der Waals surface area (Å²) in [6.07, 6.45) is 2.75. The summed E-state index contributed by atoms with van der Waals surface area (Å²) in [5, 5.41) is 5.77. The van der Waals surface area contributed by atoms with Gasteiger partial charge in [0.15, 0.2) is 0 Å². The highest BCUT2D eigenvalue weighted by atomic mass is 32.1. The van der Waals surface area contributed by atoms with Gasteiger partial charge in [0.05, 0.1) is 15.7 Å². The lowest BCUT2D eigenvalue weighted by atomic mass is 10.1. The van der Waals surface area contributed by atoms with E-state index in [0.717, 1.165) is 69.8 Å². The number of rotatable bonds is 7. The van der Waals surface area contributed by atoms with Gasteiger partial charge in [-0.3, -0.25) is 0 Å². The quantitative estimate of drug-likeness (QED) is 0.465. The van der Waals surface area contributed by atoms with Gasteiger partial charge in [-0.25, -0.2) is 15.0 Å². The lowest BCUT2D eigenvalue weighted by molar-refractivity contribution is 0.303. The number of nitrogens with zero attached hydrogens (tertiary/aromatic N) is 4. The second-order valence-corrected chi connectivity index (χ2v) is 7.85. The molecule has 5 nitrogen and oxygen atoms in total. The van der Waals surface area contributed by atoms with Gasteiger partial charge in [0.25, 0.3) is 0 Å². The van der Waals surface area contributed by atoms with Crippen molar-refractivity contribution in [3.8, 4) is 0 Å². The first-order chi connectivity index (χ1) is 13.2. The molecule has 0 saturated heterocycles. The Morgan fingerprint density at radius 2 is 1.96 bits per heavy atom. The fourth-order valence-corrected chi connectivity index (χ4v) is 4.52. The molecule has 6 heteroatoms. The van der Waals surface area contributed by atoms with Crippen LogP contribution in [0.15, 0.2) is 30.6 Å². The lowest BCUT2D eigenvalue weighted by Gasteiger charge is -2.17. The van der Waals surface area contributed by atoms with Crippen molar-refractivity contribution in [3.63, 3.8) is 0 Å². The molecular weight excluding hydrogens is 354 g/mol. The van der Waals surface area contributed by atoms with Crippen molar-refractivity contribution in [2.75, 3.05) is 31.5 Å². The van der Waals surface area contributed by atoms with Gasteiger partial charge in [0.2, 0.25) is 0 Å². The SMILES string of the molecule is CCN(CC)CCCNc1ncnc2c1sc1nc3cc(C)ccc3cc12. The number of aryl methyl sites for hydroxylation is 1. The Morgan fingerprint density at radius 1 is 1.11 bits per heavy atom. The molecule has 0 saturated carbocycles. The van der Waals surface area contributed by atoms with Crippen LogP contribution in [0.4, 0.5) is 5.82 Å². The molecule has 140 valence electrons. The number of fused-ring (bicyclic) bond motifs is 4. The third-order valence-electron chi connectivity index (χ3n) is 5.03. The summed E-state index contributed by atoms with van der Waals surface area (Å²) in [5.41, 5.74) is 3.26. The third kappa shape index (κ3) is 3.59. The van der Waals surface area contributed by atoms with E-state index in [9.17, 15) is 0 Å². The average molecular weight is 380 g/mol. The summed E-state index contributed by atoms with van der Waals surface area (Å²) in [7, 11) is 0. The molecule has 4 rings (SSSR count). The fourth-order valence-electron chi connectivity index (χ4n) is 3.44. The maximum atomic E-state index is 4.87. The van der Waals surface area contributed by atoms with Crippen molar-refractivity contribution in [1.29, 1.82) is 0 Å². The number of thiophene rings is 1. The largest absolute Gasteiger partial charge is 0.369 e. The molecular formula is C21H25N5S. The standard InChI is InChI=1S/C21H25N5S/c1-4-26(5-2)10-6-9-22-20-19-18(23-13-24-20)16-12-15-8-7-14(3)11-17(15)25-21(16)27-19/h7-8,11-13H,4-6,9-10H2,1-3H3,(H,22,23,24). The summed E-state index contributed by atoms with van der Waals surface area (Å²) in [4.78, 5) is 17.4. The highest BCUT2D eigenvalue weighted by Gasteiger charge is 2.13. The van der Waals surface area contributed by atoms with E-state index < -0.39 is 0 Å². The van der Waals surface area contributed by atoms with Crippen LogP contribution >= 0.6 is 11.3 Å². The Kier molecular flexibility index (Phi) is 5.18. The highest BCUT2D eigenvalue weighted by molar-refractivity contribution is 7.26. The smallest absolute Gasteiger partial charge is 0.147 e. The predicted molar refractivity (Wildman–Crippen MR) is 116 cm³/mol. The zero-order valence-electron chi connectivity index (χ0n) is 16.1. The molecule has 1 N–H and O–H groups in total. The Labute approximate surface area is 163 Å². The van der Waals surface area contributed by atoms with E-state index in [1.54, 1.807) is 17.7 Å². The molecule has 0 spiro atoms. The van der Waals surface area contributed by atoms with Gasteiger partial charge >= 0.3 is 0 Å². The molecule has 0 radical (unpaired) electrons. The maximum absolute atomic E-state index is 4.87. The summed E-state index contributed by atoms with van der Waals surface area (Å²) >= 11 is 1.67. The van der Waals surface area contributed by atoms with E-state index in [2.05, 4.69) is 65.2 Å². The van der Waals surface area contributed by atoms with Gasteiger partial charge in [-0.05, 0) is 50.7 Å². The van der Waals surface area contributed by atoms with Crippen LogP contribution in [0.25, 0.3) is 31.3 Å². The number of hydrogen-bond acceptors (Lipinski definition) is 6. The van der Waals surface area contributed by atoms with E-state index in [1.165, 1.54) is 5.56 Å². The van der Waals surface area contributed by atoms with E-state index >= 15 is 0 Å². The molecule has 0 unspecified atom stereocenters. The van der Waals surface area contributed by atoms with Crippen LogP contribution in [-0.4, -0.2) is 46.0 Å². The van der Waals surface area contributed by atoms with E-state index in [1.807, 2.05) is 0 Å². The minimum absolute atomic E-state index is 0.908. The van der Waals surface area contributed by atoms with Gasteiger partial charge in [0.1, 0.15) is 17.0 Å². The summed E-state index contributed by atoms with van der Waals surface area (Å²) < 4.78 is 1.09. The zero-order valence-corrected chi connectivity index (χ0v) is 16.9. The molecule has 3 heterocycles. The molecule has 0 aliphatic carbocycles. The van der Waals surface area contributed by atoms with Crippen molar-refractivity contribution >= 4 is 48.5 Å². The number of nitrogens with one attached hydrogen (secondary N) is 1. The Hall–Kier alpha value is -2.31. The highest BCUT2D eigenvalue weighted by Crippen LogP contribution is 2.36. The Balaban J connectivity index is 1.64. The summed E-state index contributed by atoms with van der Waals surface area (Å²) in [5.74, 6) is 0.919. The van der Waals surface area contributed by atoms with Gasteiger partial charge in [0, 0.05) is 17.3 Å². The molecule has 1 aromatic carbocycles. The third-order valence-corrected chi connectivity index (χ3v) is 6.13. The van der Waals surface area contributed by atoms with E-state index in [4.69, 9.17) is 4.98 Å². The predicted octanol–water partition coefficient (Wildman–Crippen LogP) is 4.84. The first-order valence-electron chi connectivity index (χ1n) is 9.60. The first-order valence-corrected chi connectivity index (χ1v) is 10.4. The number of aromatic nitrogens is 3. The van der Waals surface area contributed by atoms with E-state index in [0.29, 0.717) is 0 Å². The van der Waals surface area contributed by atoms with Crippen LogP contribution < -0.4 is 5.32 Å². The van der Waals surface area contributed by atoms with Crippen molar-refractivity contribution in [1.82, 2.24) is 19.9 Å². The molecule has 0 fully saturated rings. The van der Waals surface area contributed by atoms with Crippen molar-refractivity contribution < 1.29 is 0 Å². The molecule has 0 aliphatic heterocycles. The second kappa shape index (κ2) is 7.74. The molecule has 0 bridgehead atoms. The molecule has 0 amide bonds. The average Bonchev–Trinajstić information content (AvgIpc) is 3.04. The van der Waals surface area contributed by atoms with Gasteiger partial charge in [-0.1, -0.05) is 26.0 Å². The number of anilines is 1. The number of pyridine rings is 1. The minimum atomic E-state index is 0.908. The van der Waals surface area contributed by atoms with Crippen molar-refractivity contribution in [2.45, 2.75) is 27.2 Å². The second-order valence-electron chi connectivity index (χ2n) is 6.85. The Morgan fingerprint density at radius 3 is 2.78 bits per heavy atom. The van der Waals surface area contributed by atoms with E-state index in [-0.39, 0.29) is 0 Å². The lowest BCUT2D eigenvalue weighted by Crippen LogP contribution is -2.25. The summed E-state index contributed by atoms with van der Waals surface area (Å²) in [6, 6.07) is 8.60. The normalized spacial score (nSPS) is 11.9. The summed E-state index contributed by atoms with van der Waals surface area (Å²) in [6.45, 7) is 10.7. The Bertz CT molecular complexity index is 1080. The molecule has 4 aromatic rings. The van der Waals surface area contributed by atoms with Crippen LogP contribution in [0.1, 0.15) is 25.8 Å². The monoisotopic (exact) mass is 379 g/mol. The van der Waals surface area contributed by atoms with Gasteiger partial charge < -0.3 is 10.2 Å². The van der Waals surface area contributed by atoms with Crippen LogP contribution in [0.2, 0.25) is 0 Å². The van der Waals surface area contributed by atoms with Crippen LogP contribution in [0.3, 0.4) is 0 Å². The zero-order chi connectivity index (χ0) is 18.8. The topological polar surface area (TPSA) is 53.9 Å². The number of benzene rings is 1. The molecule has 27 heavy (non-hydrogen) atoms. The molecule has 0 aliphatic rings. The van der Waals surface area contributed by atoms with Crippen LogP contribution in [-0.2, 0) is 0 Å².